The first kappa shape index (κ1) is 22.7. The van der Waals surface area contributed by atoms with Gasteiger partial charge in [-0.05, 0) is 18.2 Å². The Morgan fingerprint density at radius 3 is 2.28 bits per heavy atom. The summed E-state index contributed by atoms with van der Waals surface area (Å²) < 4.78 is 66.1. The molecule has 0 spiro atoms. The molecule has 8 nitrogen and oxygen atoms in total. The van der Waals surface area contributed by atoms with Gasteiger partial charge in [-0.25, -0.2) is 22.5 Å². The number of benzene rings is 1. The number of rotatable bonds is 4. The fourth-order valence-electron chi connectivity index (χ4n) is 2.28. The molecular formula is C16H15ClF3N3O5S. The fraction of sp³-hybridized carbons (Fsp3) is 0.312. The second-order valence-corrected chi connectivity index (χ2v) is 8.34. The van der Waals surface area contributed by atoms with Gasteiger partial charge in [-0.15, -0.1) is 0 Å². The lowest BCUT2D eigenvalue weighted by Crippen LogP contribution is -2.40. The molecule has 13 heteroatoms. The largest absolute Gasteiger partial charge is 0.431 e. The minimum Gasteiger partial charge on any atom is -0.292 e. The van der Waals surface area contributed by atoms with Crippen LogP contribution in [-0.2, 0) is 28.0 Å². The van der Waals surface area contributed by atoms with E-state index in [1.54, 1.807) is 4.72 Å². The lowest BCUT2D eigenvalue weighted by molar-refractivity contribution is -0.144. The summed E-state index contributed by atoms with van der Waals surface area (Å²) >= 11 is 5.88. The number of alkyl halides is 3. The predicted octanol–water partition coefficient (Wildman–Crippen LogP) is 1.67. The number of sulfonamides is 1. The molecule has 0 radical (unpaired) electrons. The van der Waals surface area contributed by atoms with Gasteiger partial charge in [0.15, 0.2) is 0 Å². The van der Waals surface area contributed by atoms with Crippen LogP contribution in [0.4, 0.5) is 13.2 Å². The van der Waals surface area contributed by atoms with Crippen molar-refractivity contribution in [2.45, 2.75) is 24.9 Å². The van der Waals surface area contributed by atoms with E-state index < -0.39 is 49.9 Å². The van der Waals surface area contributed by atoms with E-state index in [2.05, 4.69) is 0 Å². The van der Waals surface area contributed by atoms with Gasteiger partial charge in [-0.2, -0.15) is 13.2 Å². The zero-order valence-corrected chi connectivity index (χ0v) is 16.8. The van der Waals surface area contributed by atoms with Crippen LogP contribution in [0.15, 0.2) is 38.8 Å². The molecule has 1 amide bonds. The van der Waals surface area contributed by atoms with Crippen LogP contribution in [0.3, 0.4) is 0 Å². The summed E-state index contributed by atoms with van der Waals surface area (Å²) in [6.07, 6.45) is -4.94. The normalized spacial score (nSPS) is 12.3. The molecule has 1 heterocycles. The van der Waals surface area contributed by atoms with E-state index in [1.807, 2.05) is 0 Å². The molecule has 0 aliphatic carbocycles. The maximum absolute atomic E-state index is 13.0. The van der Waals surface area contributed by atoms with Crippen molar-refractivity contribution in [3.8, 4) is 5.69 Å². The van der Waals surface area contributed by atoms with Crippen molar-refractivity contribution >= 4 is 27.5 Å². The number of hydrogen-bond donors (Lipinski definition) is 1. The molecular weight excluding hydrogens is 439 g/mol. The number of nitrogens with zero attached hydrogens (tertiary/aromatic N) is 2. The van der Waals surface area contributed by atoms with E-state index in [1.165, 1.54) is 13.8 Å². The van der Waals surface area contributed by atoms with Gasteiger partial charge in [0.25, 0.3) is 15.6 Å². The monoisotopic (exact) mass is 453 g/mol. The van der Waals surface area contributed by atoms with Crippen LogP contribution in [0.5, 0.6) is 0 Å². The highest BCUT2D eigenvalue weighted by Crippen LogP contribution is 2.27. The summed E-state index contributed by atoms with van der Waals surface area (Å²) in [6, 6.07) is 3.15. The van der Waals surface area contributed by atoms with E-state index in [0.717, 1.165) is 25.2 Å². The van der Waals surface area contributed by atoms with E-state index >= 15 is 0 Å². The molecule has 0 aliphatic heterocycles. The lowest BCUT2D eigenvalue weighted by atomic mass is 10.2. The third-order valence-corrected chi connectivity index (χ3v) is 5.66. The van der Waals surface area contributed by atoms with Crippen LogP contribution in [0.25, 0.3) is 5.69 Å². The van der Waals surface area contributed by atoms with Gasteiger partial charge in [-0.3, -0.25) is 14.2 Å². The van der Waals surface area contributed by atoms with Gasteiger partial charge in [-0.1, -0.05) is 25.4 Å². The molecule has 2 aromatic rings. The number of nitrogens with one attached hydrogen (secondary N) is 1. The van der Waals surface area contributed by atoms with Gasteiger partial charge in [0.2, 0.25) is 5.91 Å². The Kier molecular flexibility index (Phi) is 6.00. The van der Waals surface area contributed by atoms with Crippen molar-refractivity contribution < 1.29 is 26.4 Å². The molecule has 0 atom stereocenters. The van der Waals surface area contributed by atoms with Crippen LogP contribution < -0.4 is 16.0 Å². The number of carbonyl (C=O) groups is 1. The lowest BCUT2D eigenvalue weighted by Gasteiger charge is -2.15. The summed E-state index contributed by atoms with van der Waals surface area (Å²) in [6.45, 7) is 2.91. The van der Waals surface area contributed by atoms with E-state index in [9.17, 15) is 36.0 Å². The number of aromatic nitrogens is 2. The topological polar surface area (TPSA) is 107 Å². The van der Waals surface area contributed by atoms with Crippen LogP contribution in [-0.4, -0.2) is 23.5 Å². The smallest absolute Gasteiger partial charge is 0.292 e. The summed E-state index contributed by atoms with van der Waals surface area (Å²) in [5.41, 5.74) is -4.47. The SMILES string of the molecule is CC(C)C(=O)NS(=O)(=O)c1cc(-n2c(=O)cc(C(F)(F)F)n(C)c2=O)ccc1Cl. The highest BCUT2D eigenvalue weighted by atomic mass is 35.5. The van der Waals surface area contributed by atoms with Crippen LogP contribution in [0.1, 0.15) is 19.5 Å². The molecule has 1 aromatic carbocycles. The first-order valence-corrected chi connectivity index (χ1v) is 9.80. The van der Waals surface area contributed by atoms with Crippen molar-refractivity contribution in [3.05, 3.63) is 55.8 Å². The second kappa shape index (κ2) is 7.67. The van der Waals surface area contributed by atoms with Crippen molar-refractivity contribution in [2.24, 2.45) is 13.0 Å². The van der Waals surface area contributed by atoms with E-state index in [0.29, 0.717) is 4.57 Å². The third-order valence-electron chi connectivity index (χ3n) is 3.83. The standard InChI is InChI=1S/C16H15ClF3N3O5S/c1-8(2)14(25)21-29(27,28)11-6-9(4-5-10(11)17)23-13(24)7-12(16(18,19)20)22(3)15(23)26/h4-8H,1-3H3,(H,21,25). The molecule has 0 aliphatic rings. The molecule has 1 N–H and O–H groups in total. The molecule has 0 fully saturated rings. The van der Waals surface area contributed by atoms with Crippen molar-refractivity contribution in [2.75, 3.05) is 0 Å². The average molecular weight is 454 g/mol. The zero-order chi connectivity index (χ0) is 22.3. The molecule has 29 heavy (non-hydrogen) atoms. The van der Waals surface area contributed by atoms with Crippen molar-refractivity contribution in [1.29, 1.82) is 0 Å². The molecule has 0 saturated heterocycles. The van der Waals surface area contributed by atoms with Gasteiger partial charge in [0, 0.05) is 19.0 Å². The van der Waals surface area contributed by atoms with E-state index in [-0.39, 0.29) is 21.3 Å². The fourth-order valence-corrected chi connectivity index (χ4v) is 3.91. The van der Waals surface area contributed by atoms with Gasteiger partial charge in [0.05, 0.1) is 10.7 Å². The number of carbonyl (C=O) groups excluding carboxylic acids is 1. The first-order valence-electron chi connectivity index (χ1n) is 7.93. The Morgan fingerprint density at radius 1 is 1.17 bits per heavy atom. The molecule has 1 aromatic heterocycles. The molecule has 158 valence electrons. The minimum atomic E-state index is -4.94. The van der Waals surface area contributed by atoms with E-state index in [4.69, 9.17) is 11.6 Å². The summed E-state index contributed by atoms with van der Waals surface area (Å²) in [7, 11) is -3.65. The Bertz CT molecular complexity index is 1200. The quantitative estimate of drug-likeness (QED) is 0.757. The van der Waals surface area contributed by atoms with Gasteiger partial charge >= 0.3 is 11.9 Å². The number of halogens is 4. The zero-order valence-electron chi connectivity index (χ0n) is 15.2. The summed E-state index contributed by atoms with van der Waals surface area (Å²) in [4.78, 5) is 35.6. The molecule has 0 saturated carbocycles. The molecule has 0 bridgehead atoms. The highest BCUT2D eigenvalue weighted by molar-refractivity contribution is 7.90. The number of amides is 1. The Hall–Kier alpha value is -2.60. The third kappa shape index (κ3) is 4.53. The Balaban J connectivity index is 2.70. The maximum Gasteiger partial charge on any atom is 0.431 e. The number of hydrogen-bond acceptors (Lipinski definition) is 5. The molecule has 2 rings (SSSR count). The van der Waals surface area contributed by atoms with Crippen molar-refractivity contribution in [3.63, 3.8) is 0 Å². The summed E-state index contributed by atoms with van der Waals surface area (Å²) in [5, 5.41) is -0.324. The predicted molar refractivity (Wildman–Crippen MR) is 97.5 cm³/mol. The Morgan fingerprint density at radius 2 is 1.76 bits per heavy atom. The van der Waals surface area contributed by atoms with Gasteiger partial charge < -0.3 is 0 Å². The average Bonchev–Trinajstić information content (AvgIpc) is 2.57. The maximum atomic E-state index is 13.0. The highest BCUT2D eigenvalue weighted by Gasteiger charge is 2.35. The summed E-state index contributed by atoms with van der Waals surface area (Å²) in [5.74, 6) is -1.49. The van der Waals surface area contributed by atoms with Crippen molar-refractivity contribution in [1.82, 2.24) is 13.9 Å². The van der Waals surface area contributed by atoms with Gasteiger partial charge in [0.1, 0.15) is 10.6 Å². The molecule has 0 unspecified atom stereocenters. The first-order chi connectivity index (χ1) is 13.2. The van der Waals surface area contributed by atoms with Crippen LogP contribution >= 0.6 is 11.6 Å². The van der Waals surface area contributed by atoms with Crippen LogP contribution in [0.2, 0.25) is 5.02 Å². The Labute approximate surface area is 167 Å². The van der Waals surface area contributed by atoms with Crippen LogP contribution in [0, 0.1) is 5.92 Å². The second-order valence-electron chi connectivity index (χ2n) is 6.28. The minimum absolute atomic E-state index is 0.213.